The first kappa shape index (κ1) is 11.8. The molecule has 0 saturated heterocycles. The first-order chi connectivity index (χ1) is 7.13. The lowest BCUT2D eigenvalue weighted by molar-refractivity contribution is 0.190. The zero-order chi connectivity index (χ0) is 11.3. The number of thiocarbonyl (C=S) groups is 1. The predicted molar refractivity (Wildman–Crippen MR) is 62.9 cm³/mol. The number of rotatable bonds is 5. The van der Waals surface area contributed by atoms with E-state index in [1.54, 1.807) is 19.5 Å². The number of nitrogens with two attached hydrogens (primary N) is 1. The fraction of sp³-hybridized carbons (Fsp3) is 0.444. The number of ether oxygens (including phenoxy) is 1. The van der Waals surface area contributed by atoms with E-state index in [2.05, 4.69) is 15.3 Å². The number of nitrogens with zero attached hydrogens (tertiary/aromatic N) is 2. The van der Waals surface area contributed by atoms with Crippen LogP contribution in [0.1, 0.15) is 12.6 Å². The standard InChI is InChI=1S/C9H14N4OS/c1-6(5-14-2)13-8-4-11-7(3-12-8)9(10)15/h3-4,6H,5H2,1-2H3,(H2,10,15)(H,12,13). The average molecular weight is 226 g/mol. The molecule has 0 radical (unpaired) electrons. The third kappa shape index (κ3) is 3.77. The van der Waals surface area contributed by atoms with Crippen molar-refractivity contribution < 1.29 is 4.74 Å². The molecule has 3 N–H and O–H groups in total. The molecule has 0 aliphatic carbocycles. The molecule has 1 aromatic heterocycles. The highest BCUT2D eigenvalue weighted by Crippen LogP contribution is 2.03. The highest BCUT2D eigenvalue weighted by atomic mass is 32.1. The van der Waals surface area contributed by atoms with E-state index in [0.717, 1.165) is 0 Å². The van der Waals surface area contributed by atoms with Gasteiger partial charge >= 0.3 is 0 Å². The summed E-state index contributed by atoms with van der Waals surface area (Å²) in [5.74, 6) is 0.680. The van der Waals surface area contributed by atoms with Crippen LogP contribution in [0.3, 0.4) is 0 Å². The van der Waals surface area contributed by atoms with Gasteiger partial charge in [0, 0.05) is 13.2 Å². The van der Waals surface area contributed by atoms with Gasteiger partial charge in [-0.2, -0.15) is 0 Å². The van der Waals surface area contributed by atoms with Gasteiger partial charge in [0.2, 0.25) is 0 Å². The highest BCUT2D eigenvalue weighted by molar-refractivity contribution is 7.80. The summed E-state index contributed by atoms with van der Waals surface area (Å²) in [4.78, 5) is 8.43. The van der Waals surface area contributed by atoms with Gasteiger partial charge in [0.15, 0.2) is 0 Å². The maximum atomic E-state index is 5.40. The minimum absolute atomic E-state index is 0.181. The first-order valence-electron chi connectivity index (χ1n) is 4.50. The number of aromatic nitrogens is 2. The molecule has 1 rings (SSSR count). The van der Waals surface area contributed by atoms with Crippen LogP contribution >= 0.6 is 12.2 Å². The highest BCUT2D eigenvalue weighted by Gasteiger charge is 2.03. The minimum Gasteiger partial charge on any atom is -0.388 e. The maximum absolute atomic E-state index is 5.40. The zero-order valence-corrected chi connectivity index (χ0v) is 9.54. The van der Waals surface area contributed by atoms with Gasteiger partial charge in [0.25, 0.3) is 0 Å². The largest absolute Gasteiger partial charge is 0.388 e. The van der Waals surface area contributed by atoms with Crippen molar-refractivity contribution in [2.75, 3.05) is 19.0 Å². The Morgan fingerprint density at radius 2 is 2.33 bits per heavy atom. The molecular weight excluding hydrogens is 212 g/mol. The Morgan fingerprint density at radius 3 is 2.80 bits per heavy atom. The van der Waals surface area contributed by atoms with E-state index >= 15 is 0 Å². The summed E-state index contributed by atoms with van der Waals surface area (Å²) < 4.78 is 4.99. The van der Waals surface area contributed by atoms with Crippen LogP contribution in [0.2, 0.25) is 0 Å². The van der Waals surface area contributed by atoms with Crippen LogP contribution in [-0.4, -0.2) is 34.7 Å². The van der Waals surface area contributed by atoms with Gasteiger partial charge in [0.1, 0.15) is 16.5 Å². The van der Waals surface area contributed by atoms with Gasteiger partial charge in [-0.3, -0.25) is 0 Å². The van der Waals surface area contributed by atoms with Crippen molar-refractivity contribution in [1.29, 1.82) is 0 Å². The van der Waals surface area contributed by atoms with Crippen LogP contribution < -0.4 is 11.1 Å². The van der Waals surface area contributed by atoms with Gasteiger partial charge in [-0.15, -0.1) is 0 Å². The fourth-order valence-electron chi connectivity index (χ4n) is 1.07. The van der Waals surface area contributed by atoms with Crippen LogP contribution in [0.25, 0.3) is 0 Å². The predicted octanol–water partition coefficient (Wildman–Crippen LogP) is 0.558. The Morgan fingerprint density at radius 1 is 1.60 bits per heavy atom. The lowest BCUT2D eigenvalue weighted by Crippen LogP contribution is -2.22. The Hall–Kier alpha value is -1.27. The second-order valence-corrected chi connectivity index (χ2v) is 3.59. The Labute approximate surface area is 94.1 Å². The molecule has 1 aromatic rings. The second kappa shape index (κ2) is 5.57. The molecule has 1 unspecified atom stereocenters. The van der Waals surface area contributed by atoms with Gasteiger partial charge in [-0.25, -0.2) is 9.97 Å². The molecule has 0 amide bonds. The number of methoxy groups -OCH3 is 1. The molecule has 0 aliphatic heterocycles. The van der Waals surface area contributed by atoms with E-state index in [-0.39, 0.29) is 11.0 Å². The molecule has 6 heteroatoms. The molecule has 1 atom stereocenters. The normalized spacial score (nSPS) is 12.1. The molecule has 0 saturated carbocycles. The van der Waals surface area contributed by atoms with Crippen molar-refractivity contribution in [2.45, 2.75) is 13.0 Å². The Bertz CT molecular complexity index is 327. The molecule has 82 valence electrons. The van der Waals surface area contributed by atoms with Crippen molar-refractivity contribution in [3.63, 3.8) is 0 Å². The van der Waals surface area contributed by atoms with Crippen LogP contribution in [-0.2, 0) is 4.74 Å². The molecule has 0 fully saturated rings. The van der Waals surface area contributed by atoms with Crippen LogP contribution in [0, 0.1) is 0 Å². The molecule has 5 nitrogen and oxygen atoms in total. The average Bonchev–Trinajstić information content (AvgIpc) is 2.18. The van der Waals surface area contributed by atoms with Gasteiger partial charge < -0.3 is 15.8 Å². The lowest BCUT2D eigenvalue weighted by Gasteiger charge is -2.12. The van der Waals surface area contributed by atoms with E-state index in [4.69, 9.17) is 22.7 Å². The third-order valence-corrected chi connectivity index (χ3v) is 1.92. The summed E-state index contributed by atoms with van der Waals surface area (Å²) in [6, 6.07) is 0.181. The summed E-state index contributed by atoms with van der Waals surface area (Å²) in [6.45, 7) is 2.60. The third-order valence-electron chi connectivity index (χ3n) is 1.72. The van der Waals surface area contributed by atoms with Crippen molar-refractivity contribution in [1.82, 2.24) is 9.97 Å². The summed E-state index contributed by atoms with van der Waals surface area (Å²) in [7, 11) is 1.65. The Balaban J connectivity index is 2.60. The van der Waals surface area contributed by atoms with Crippen LogP contribution in [0.5, 0.6) is 0 Å². The molecular formula is C9H14N4OS. The Kier molecular flexibility index (Phi) is 4.38. The number of anilines is 1. The van der Waals surface area contributed by atoms with Crippen molar-refractivity contribution in [2.24, 2.45) is 5.73 Å². The molecule has 0 aromatic carbocycles. The number of nitrogens with one attached hydrogen (secondary N) is 1. The summed E-state index contributed by atoms with van der Waals surface area (Å²) in [5.41, 5.74) is 5.92. The number of hydrogen-bond donors (Lipinski definition) is 2. The zero-order valence-electron chi connectivity index (χ0n) is 8.73. The van der Waals surface area contributed by atoms with Gasteiger partial charge in [-0.1, -0.05) is 12.2 Å². The van der Waals surface area contributed by atoms with Crippen molar-refractivity contribution in [3.8, 4) is 0 Å². The van der Waals surface area contributed by atoms with E-state index in [0.29, 0.717) is 18.1 Å². The van der Waals surface area contributed by atoms with Crippen molar-refractivity contribution >= 4 is 23.0 Å². The fourth-order valence-corrected chi connectivity index (χ4v) is 1.18. The van der Waals surface area contributed by atoms with E-state index < -0.39 is 0 Å². The van der Waals surface area contributed by atoms with Crippen LogP contribution in [0.15, 0.2) is 12.4 Å². The summed E-state index contributed by atoms with van der Waals surface area (Å²) in [6.07, 6.45) is 3.14. The topological polar surface area (TPSA) is 73.1 Å². The summed E-state index contributed by atoms with van der Waals surface area (Å²) in [5, 5.41) is 3.13. The summed E-state index contributed by atoms with van der Waals surface area (Å²) >= 11 is 4.77. The molecule has 1 heterocycles. The minimum atomic E-state index is 0.181. The van der Waals surface area contributed by atoms with Gasteiger partial charge in [0.05, 0.1) is 19.0 Å². The molecule has 15 heavy (non-hydrogen) atoms. The maximum Gasteiger partial charge on any atom is 0.144 e. The van der Waals surface area contributed by atoms with E-state index in [1.807, 2.05) is 6.92 Å². The second-order valence-electron chi connectivity index (χ2n) is 3.15. The number of hydrogen-bond acceptors (Lipinski definition) is 5. The quantitative estimate of drug-likeness (QED) is 0.715. The molecule has 0 aliphatic rings. The van der Waals surface area contributed by atoms with Gasteiger partial charge in [-0.05, 0) is 6.92 Å². The molecule has 0 bridgehead atoms. The van der Waals surface area contributed by atoms with Crippen LogP contribution in [0.4, 0.5) is 5.82 Å². The van der Waals surface area contributed by atoms with E-state index in [9.17, 15) is 0 Å². The van der Waals surface area contributed by atoms with Crippen molar-refractivity contribution in [3.05, 3.63) is 18.1 Å². The lowest BCUT2D eigenvalue weighted by atomic mass is 10.3. The van der Waals surface area contributed by atoms with E-state index in [1.165, 1.54) is 0 Å². The SMILES string of the molecule is COCC(C)Nc1cnc(C(N)=S)cn1. The first-order valence-corrected chi connectivity index (χ1v) is 4.91. The smallest absolute Gasteiger partial charge is 0.144 e. The molecule has 0 spiro atoms. The monoisotopic (exact) mass is 226 g/mol.